The lowest BCUT2D eigenvalue weighted by molar-refractivity contribution is 0.243. The van der Waals surface area contributed by atoms with Crippen LogP contribution in [0, 0.1) is 0 Å². The smallest absolute Gasteiger partial charge is 0.316 e. The molecule has 0 heterocycles. The lowest BCUT2D eigenvalue weighted by Gasteiger charge is -2.05. The first kappa shape index (κ1) is 14.6. The van der Waals surface area contributed by atoms with Gasteiger partial charge in [0.05, 0.1) is 0 Å². The van der Waals surface area contributed by atoms with Crippen LogP contribution in [0.4, 0.5) is 4.79 Å². The van der Waals surface area contributed by atoms with E-state index in [-0.39, 0.29) is 0 Å². The summed E-state index contributed by atoms with van der Waals surface area (Å²) in [4.78, 5) is 10.9. The van der Waals surface area contributed by atoms with Crippen LogP contribution in [0.1, 0.15) is 0 Å². The van der Waals surface area contributed by atoms with E-state index < -0.39 is 37.5 Å². The molecule has 0 aliphatic heterocycles. The zero-order chi connectivity index (χ0) is 12.8. The summed E-state index contributed by atoms with van der Waals surface area (Å²) in [5, 5.41) is 5.30. The number of hydrogen-bond acceptors (Lipinski definition) is 5. The van der Waals surface area contributed by atoms with Crippen molar-refractivity contribution < 1.29 is 21.6 Å². The zero-order valence-corrected chi connectivity index (χ0v) is 9.97. The van der Waals surface area contributed by atoms with Crippen LogP contribution in [-0.4, -0.2) is 34.6 Å². The summed E-state index contributed by atoms with van der Waals surface area (Å²) in [5.41, 5.74) is 0. The lowest BCUT2D eigenvalue weighted by atomic mass is 10.9. The largest absolute Gasteiger partial charge is 0.324 e. The van der Waals surface area contributed by atoms with Crippen LogP contribution < -0.4 is 10.6 Å². The Bertz CT molecular complexity index is 433. The Labute approximate surface area is 94.1 Å². The summed E-state index contributed by atoms with van der Waals surface area (Å²) in [6.07, 6.45) is 0. The van der Waals surface area contributed by atoms with Crippen molar-refractivity contribution in [1.82, 2.24) is 10.6 Å². The van der Waals surface area contributed by atoms with Gasteiger partial charge in [-0.15, -0.1) is 0 Å². The molecule has 0 aromatic heterocycles. The Kier molecular flexibility index (Phi) is 5.18. The Morgan fingerprint density at radius 2 is 1.25 bits per heavy atom. The molecule has 0 atom stereocenters. The quantitative estimate of drug-likeness (QED) is 0.663. The second kappa shape index (κ2) is 5.66. The van der Waals surface area contributed by atoms with Gasteiger partial charge in [0.2, 0.25) is 0 Å². The Morgan fingerprint density at radius 1 is 0.938 bits per heavy atom. The van der Waals surface area contributed by atoms with E-state index in [9.17, 15) is 21.6 Å². The zero-order valence-electron chi connectivity index (χ0n) is 8.34. The topological polar surface area (TPSA) is 109 Å². The Morgan fingerprint density at radius 3 is 1.50 bits per heavy atom. The van der Waals surface area contributed by atoms with Gasteiger partial charge in [-0.1, -0.05) is 13.2 Å². The van der Waals surface area contributed by atoms with Crippen LogP contribution in [-0.2, 0) is 19.7 Å². The van der Waals surface area contributed by atoms with Gasteiger partial charge >= 0.3 is 6.03 Å². The molecular weight excluding hydrogens is 256 g/mol. The SMILES string of the molecule is C=CS(=O)(=O)CNC(=O)NCS(=O)(=O)C=C. The molecule has 16 heavy (non-hydrogen) atoms. The van der Waals surface area contributed by atoms with Crippen molar-refractivity contribution in [3.8, 4) is 0 Å². The van der Waals surface area contributed by atoms with Crippen molar-refractivity contribution >= 4 is 25.7 Å². The van der Waals surface area contributed by atoms with Crippen LogP contribution in [0.5, 0.6) is 0 Å². The number of hydrogen-bond donors (Lipinski definition) is 2. The molecule has 0 aliphatic rings. The first-order valence-corrected chi connectivity index (χ1v) is 7.37. The number of amides is 2. The molecule has 0 aliphatic carbocycles. The van der Waals surface area contributed by atoms with E-state index in [1.165, 1.54) is 0 Å². The van der Waals surface area contributed by atoms with Gasteiger partial charge in [0, 0.05) is 10.8 Å². The molecule has 0 saturated heterocycles. The van der Waals surface area contributed by atoms with E-state index in [1.807, 2.05) is 10.6 Å². The summed E-state index contributed by atoms with van der Waals surface area (Å²) in [6.45, 7) is 6.08. The summed E-state index contributed by atoms with van der Waals surface area (Å²) >= 11 is 0. The van der Waals surface area contributed by atoms with Crippen molar-refractivity contribution in [3.63, 3.8) is 0 Å². The summed E-state index contributed by atoms with van der Waals surface area (Å²) in [7, 11) is -7.10. The number of rotatable bonds is 6. The third-order valence-electron chi connectivity index (χ3n) is 1.38. The number of nitrogens with one attached hydrogen (secondary N) is 2. The van der Waals surface area contributed by atoms with Crippen molar-refractivity contribution in [3.05, 3.63) is 24.0 Å². The molecule has 92 valence electrons. The van der Waals surface area contributed by atoms with E-state index in [4.69, 9.17) is 0 Å². The van der Waals surface area contributed by atoms with Gasteiger partial charge in [-0.2, -0.15) is 0 Å². The van der Waals surface area contributed by atoms with Crippen molar-refractivity contribution in [2.45, 2.75) is 0 Å². The molecule has 2 amide bonds. The monoisotopic (exact) mass is 268 g/mol. The van der Waals surface area contributed by atoms with Gasteiger partial charge < -0.3 is 10.6 Å². The molecule has 0 saturated carbocycles. The number of carbonyl (C=O) groups is 1. The Hall–Kier alpha value is -1.35. The predicted molar refractivity (Wildman–Crippen MR) is 59.6 cm³/mol. The van der Waals surface area contributed by atoms with Crippen LogP contribution in [0.25, 0.3) is 0 Å². The molecule has 7 nitrogen and oxygen atoms in total. The maximum Gasteiger partial charge on any atom is 0.316 e. The second-order valence-corrected chi connectivity index (χ2v) is 6.53. The van der Waals surface area contributed by atoms with E-state index in [0.717, 1.165) is 0 Å². The number of urea groups is 1. The summed E-state index contributed by atoms with van der Waals surface area (Å²) in [5.74, 6) is -1.28. The first-order valence-electron chi connectivity index (χ1n) is 3.94. The van der Waals surface area contributed by atoms with E-state index in [0.29, 0.717) is 10.8 Å². The van der Waals surface area contributed by atoms with E-state index in [2.05, 4.69) is 13.2 Å². The average molecular weight is 268 g/mol. The minimum Gasteiger partial charge on any atom is -0.324 e. The van der Waals surface area contributed by atoms with Crippen LogP contribution in [0.3, 0.4) is 0 Å². The number of carbonyl (C=O) groups excluding carboxylic acids is 1. The molecule has 0 rings (SSSR count). The maximum absolute atomic E-state index is 10.9. The minimum atomic E-state index is -3.55. The molecule has 0 bridgehead atoms. The molecule has 0 aromatic rings. The third kappa shape index (κ3) is 6.19. The molecule has 0 radical (unpaired) electrons. The molecule has 0 aromatic carbocycles. The van der Waals surface area contributed by atoms with Gasteiger partial charge in [0.25, 0.3) is 0 Å². The lowest BCUT2D eigenvalue weighted by Crippen LogP contribution is -2.40. The fourth-order valence-electron chi connectivity index (χ4n) is 0.513. The molecule has 0 fully saturated rings. The fourth-order valence-corrected chi connectivity index (χ4v) is 1.41. The summed E-state index contributed by atoms with van der Waals surface area (Å²) in [6, 6.07) is -0.907. The highest BCUT2D eigenvalue weighted by Crippen LogP contribution is 1.88. The van der Waals surface area contributed by atoms with E-state index >= 15 is 0 Å². The van der Waals surface area contributed by atoms with Gasteiger partial charge in [-0.25, -0.2) is 21.6 Å². The van der Waals surface area contributed by atoms with E-state index in [1.54, 1.807) is 0 Å². The van der Waals surface area contributed by atoms with Crippen molar-refractivity contribution in [2.75, 3.05) is 11.8 Å². The average Bonchev–Trinajstić information content (AvgIpc) is 2.24. The van der Waals surface area contributed by atoms with Crippen LogP contribution in [0.2, 0.25) is 0 Å². The number of sulfone groups is 2. The van der Waals surface area contributed by atoms with Gasteiger partial charge in [-0.3, -0.25) is 0 Å². The van der Waals surface area contributed by atoms with Crippen LogP contribution in [0.15, 0.2) is 24.0 Å². The Balaban J connectivity index is 4.13. The molecule has 9 heteroatoms. The fraction of sp³-hybridized carbons (Fsp3) is 0.286. The van der Waals surface area contributed by atoms with Gasteiger partial charge in [0.1, 0.15) is 11.8 Å². The first-order chi connectivity index (χ1) is 7.22. The van der Waals surface area contributed by atoms with Crippen LogP contribution >= 0.6 is 0 Å². The normalized spacial score (nSPS) is 11.5. The molecule has 2 N–H and O–H groups in total. The molecule has 0 unspecified atom stereocenters. The standard InChI is InChI=1S/C7H12N2O5S2/c1-3-15(11,12)5-8-7(10)9-6-16(13,14)4-2/h3-4H,1-2,5-6H2,(H2,8,9,10). The second-order valence-electron chi connectivity index (χ2n) is 2.63. The van der Waals surface area contributed by atoms with Gasteiger partial charge in [-0.05, 0) is 0 Å². The maximum atomic E-state index is 10.9. The highest BCUT2D eigenvalue weighted by Gasteiger charge is 2.10. The summed E-state index contributed by atoms with van der Waals surface area (Å²) < 4.78 is 43.5. The minimum absolute atomic E-state index is 0.642. The van der Waals surface area contributed by atoms with Crippen molar-refractivity contribution in [2.24, 2.45) is 0 Å². The van der Waals surface area contributed by atoms with Gasteiger partial charge in [0.15, 0.2) is 19.7 Å². The highest BCUT2D eigenvalue weighted by molar-refractivity contribution is 7.94. The molecular formula is C7H12N2O5S2. The predicted octanol–water partition coefficient (Wildman–Crippen LogP) is -0.683. The highest BCUT2D eigenvalue weighted by atomic mass is 32.2. The molecule has 0 spiro atoms. The third-order valence-corrected chi connectivity index (χ3v) is 3.48. The van der Waals surface area contributed by atoms with Crippen molar-refractivity contribution in [1.29, 1.82) is 0 Å².